The molecule has 0 saturated carbocycles. The average Bonchev–Trinajstić information content (AvgIpc) is 1.89. The van der Waals surface area contributed by atoms with Crippen LogP contribution in [0.1, 0.15) is 13.8 Å². The monoisotopic (exact) mass is 193 g/mol. The second-order valence-corrected chi connectivity index (χ2v) is 1.73. The van der Waals surface area contributed by atoms with E-state index in [-0.39, 0.29) is 0 Å². The van der Waals surface area contributed by atoms with Gasteiger partial charge in [0.05, 0.1) is 6.54 Å². The van der Waals surface area contributed by atoms with Gasteiger partial charge in [0, 0.05) is 0 Å². The maximum Gasteiger partial charge on any atom is 0.454 e. The van der Waals surface area contributed by atoms with Gasteiger partial charge in [-0.3, -0.25) is 0 Å². The first-order chi connectivity index (χ1) is 5.31. The summed E-state index contributed by atoms with van der Waals surface area (Å²) in [6.07, 6.45) is -5.45. The molecule has 6 heteroatoms. The second-order valence-electron chi connectivity index (χ2n) is 1.73. The Bertz CT molecular complexity index is 109. The summed E-state index contributed by atoms with van der Waals surface area (Å²) in [5.74, 6) is -4.62. The summed E-state index contributed by atoms with van der Waals surface area (Å²) < 4.78 is 57.2. The molecule has 0 radical (unpaired) electrons. The Balaban J connectivity index is 0. The van der Waals surface area contributed by atoms with Gasteiger partial charge < -0.3 is 5.32 Å². The Labute approximate surface area is 67.9 Å². The summed E-state index contributed by atoms with van der Waals surface area (Å²) in [6, 6.07) is 0. The molecule has 1 N–H and O–H groups in total. The standard InChI is InChI=1S/C4H6F5N.C2H6/c1-10-2-3(5,6)4(7,8)9;1-2/h10H,2H2,1H3;1-2H3. The molecule has 0 bridgehead atoms. The van der Waals surface area contributed by atoms with Gasteiger partial charge in [0.25, 0.3) is 0 Å². The molecule has 0 heterocycles. The van der Waals surface area contributed by atoms with Gasteiger partial charge in [0.2, 0.25) is 0 Å². The van der Waals surface area contributed by atoms with Gasteiger partial charge >= 0.3 is 12.1 Å². The van der Waals surface area contributed by atoms with Crippen LogP contribution < -0.4 is 5.32 Å². The summed E-state index contributed by atoms with van der Waals surface area (Å²) in [7, 11) is 1.03. The van der Waals surface area contributed by atoms with E-state index in [9.17, 15) is 22.0 Å². The zero-order valence-electron chi connectivity index (χ0n) is 7.10. The largest absolute Gasteiger partial charge is 0.454 e. The van der Waals surface area contributed by atoms with Crippen LogP contribution in [0.25, 0.3) is 0 Å². The third kappa shape index (κ3) is 4.48. The molecule has 0 aromatic rings. The Morgan fingerprint density at radius 3 is 1.42 bits per heavy atom. The van der Waals surface area contributed by atoms with Crippen LogP contribution in [0.5, 0.6) is 0 Å². The topological polar surface area (TPSA) is 12.0 Å². The van der Waals surface area contributed by atoms with Crippen molar-refractivity contribution in [2.45, 2.75) is 25.9 Å². The fourth-order valence-electron chi connectivity index (χ4n) is 0.322. The van der Waals surface area contributed by atoms with E-state index >= 15 is 0 Å². The molecule has 0 atom stereocenters. The molecule has 0 aromatic heterocycles. The summed E-state index contributed by atoms with van der Waals surface area (Å²) in [5, 5.41) is 1.74. The van der Waals surface area contributed by atoms with Gasteiger partial charge in [0.15, 0.2) is 0 Å². The average molecular weight is 193 g/mol. The molecule has 1 nitrogen and oxygen atoms in total. The highest BCUT2D eigenvalue weighted by Crippen LogP contribution is 2.34. The van der Waals surface area contributed by atoms with Gasteiger partial charge in [-0.1, -0.05) is 13.8 Å². The lowest BCUT2D eigenvalue weighted by molar-refractivity contribution is -0.278. The van der Waals surface area contributed by atoms with E-state index in [0.29, 0.717) is 0 Å². The smallest absolute Gasteiger partial charge is 0.314 e. The fraction of sp³-hybridized carbons (Fsp3) is 1.00. The van der Waals surface area contributed by atoms with Crippen molar-refractivity contribution in [3.63, 3.8) is 0 Å². The number of nitrogens with one attached hydrogen (secondary N) is 1. The van der Waals surface area contributed by atoms with E-state index in [1.54, 1.807) is 5.32 Å². The highest BCUT2D eigenvalue weighted by Gasteiger charge is 2.56. The summed E-state index contributed by atoms with van der Waals surface area (Å²) in [5.41, 5.74) is 0. The third-order valence-corrected chi connectivity index (χ3v) is 0.814. The number of hydrogen-bond acceptors (Lipinski definition) is 1. The summed E-state index contributed by atoms with van der Waals surface area (Å²) in [6.45, 7) is 2.62. The minimum atomic E-state index is -5.45. The third-order valence-electron chi connectivity index (χ3n) is 0.814. The fourth-order valence-corrected chi connectivity index (χ4v) is 0.322. The molecular weight excluding hydrogens is 181 g/mol. The lowest BCUT2D eigenvalue weighted by atomic mass is 10.3. The van der Waals surface area contributed by atoms with Crippen molar-refractivity contribution in [1.29, 1.82) is 0 Å². The maximum atomic E-state index is 11.7. The van der Waals surface area contributed by atoms with Crippen molar-refractivity contribution in [3.8, 4) is 0 Å². The van der Waals surface area contributed by atoms with Crippen LogP contribution in [-0.2, 0) is 0 Å². The Hall–Kier alpha value is -0.390. The minimum absolute atomic E-state index is 1.03. The van der Waals surface area contributed by atoms with E-state index < -0.39 is 18.6 Å². The van der Waals surface area contributed by atoms with Crippen LogP contribution in [0.4, 0.5) is 22.0 Å². The molecule has 0 saturated heterocycles. The lowest BCUT2D eigenvalue weighted by Crippen LogP contribution is -2.44. The van der Waals surface area contributed by atoms with Crippen LogP contribution in [-0.4, -0.2) is 25.7 Å². The molecular formula is C6H12F5N. The second kappa shape index (κ2) is 5.29. The quantitative estimate of drug-likeness (QED) is 0.664. The number of hydrogen-bond donors (Lipinski definition) is 1. The molecule has 0 spiro atoms. The first-order valence-electron chi connectivity index (χ1n) is 3.40. The van der Waals surface area contributed by atoms with Crippen molar-refractivity contribution in [3.05, 3.63) is 0 Å². The first kappa shape index (κ1) is 14.2. The minimum Gasteiger partial charge on any atom is -0.314 e. The van der Waals surface area contributed by atoms with Gasteiger partial charge in [-0.25, -0.2) is 0 Å². The van der Waals surface area contributed by atoms with Gasteiger partial charge in [-0.05, 0) is 7.05 Å². The highest BCUT2D eigenvalue weighted by atomic mass is 19.4. The normalized spacial score (nSPS) is 12.0. The van der Waals surface area contributed by atoms with Gasteiger partial charge in [0.1, 0.15) is 0 Å². The molecule has 0 fully saturated rings. The van der Waals surface area contributed by atoms with E-state index in [1.807, 2.05) is 13.8 Å². The van der Waals surface area contributed by atoms with Crippen LogP contribution in [0, 0.1) is 0 Å². The van der Waals surface area contributed by atoms with Crippen LogP contribution in [0.3, 0.4) is 0 Å². The molecule has 0 aliphatic carbocycles. The maximum absolute atomic E-state index is 11.7. The Morgan fingerprint density at radius 1 is 1.00 bits per heavy atom. The first-order valence-corrected chi connectivity index (χ1v) is 3.40. The van der Waals surface area contributed by atoms with Crippen LogP contribution in [0.2, 0.25) is 0 Å². The van der Waals surface area contributed by atoms with Gasteiger partial charge in [-0.15, -0.1) is 0 Å². The Morgan fingerprint density at radius 2 is 1.33 bits per heavy atom. The van der Waals surface area contributed by atoms with Crippen LogP contribution in [0.15, 0.2) is 0 Å². The molecule has 0 aliphatic rings. The summed E-state index contributed by atoms with van der Waals surface area (Å²) >= 11 is 0. The molecule has 0 aliphatic heterocycles. The van der Waals surface area contributed by atoms with E-state index in [2.05, 4.69) is 0 Å². The zero-order valence-corrected chi connectivity index (χ0v) is 7.10. The van der Waals surface area contributed by atoms with Crippen molar-refractivity contribution in [2.75, 3.05) is 13.6 Å². The zero-order chi connectivity index (χ0) is 10.4. The summed E-state index contributed by atoms with van der Waals surface area (Å²) in [4.78, 5) is 0. The predicted molar refractivity (Wildman–Crippen MR) is 36.3 cm³/mol. The SMILES string of the molecule is CC.CNCC(F)(F)C(F)(F)F. The van der Waals surface area contributed by atoms with Crippen molar-refractivity contribution in [2.24, 2.45) is 0 Å². The molecule has 0 amide bonds. The predicted octanol–water partition coefficient (Wildman–Crippen LogP) is 2.43. The highest BCUT2D eigenvalue weighted by molar-refractivity contribution is 4.76. The van der Waals surface area contributed by atoms with E-state index in [1.165, 1.54) is 0 Å². The van der Waals surface area contributed by atoms with Crippen molar-refractivity contribution in [1.82, 2.24) is 5.32 Å². The van der Waals surface area contributed by atoms with E-state index in [0.717, 1.165) is 7.05 Å². The molecule has 76 valence electrons. The lowest BCUT2D eigenvalue weighted by Gasteiger charge is -2.18. The molecule has 0 unspecified atom stereocenters. The van der Waals surface area contributed by atoms with E-state index in [4.69, 9.17) is 0 Å². The van der Waals surface area contributed by atoms with Crippen molar-refractivity contribution < 1.29 is 22.0 Å². The number of halogens is 5. The number of rotatable bonds is 2. The molecule has 0 rings (SSSR count). The Kier molecular flexibility index (Phi) is 6.24. The van der Waals surface area contributed by atoms with Crippen LogP contribution >= 0.6 is 0 Å². The molecule has 0 aromatic carbocycles. The van der Waals surface area contributed by atoms with Gasteiger partial charge in [-0.2, -0.15) is 22.0 Å². The van der Waals surface area contributed by atoms with Crippen molar-refractivity contribution >= 4 is 0 Å². The number of alkyl halides is 5. The molecule has 12 heavy (non-hydrogen) atoms.